The number of thiophene rings is 1. The molecule has 4 nitrogen and oxygen atoms in total. The fourth-order valence-corrected chi connectivity index (χ4v) is 2.81. The number of anilines is 1. The summed E-state index contributed by atoms with van der Waals surface area (Å²) in [7, 11) is 0. The number of halogens is 1. The van der Waals surface area contributed by atoms with Crippen LogP contribution >= 0.6 is 22.9 Å². The fraction of sp³-hybridized carbons (Fsp3) is 0.500. The number of hydrogen-bond acceptors (Lipinski definition) is 5. The number of nitrogens with zero attached hydrogens (tertiary/aromatic N) is 2. The number of hydrogen-bond donors (Lipinski definition) is 1. The molecule has 0 radical (unpaired) electrons. The molecule has 0 aromatic carbocycles. The van der Waals surface area contributed by atoms with E-state index in [-0.39, 0.29) is 6.10 Å². The summed E-state index contributed by atoms with van der Waals surface area (Å²) in [6.45, 7) is 4.82. The van der Waals surface area contributed by atoms with Crippen molar-refractivity contribution in [2.75, 3.05) is 12.3 Å². The zero-order valence-electron chi connectivity index (χ0n) is 10.4. The largest absolute Gasteiger partial charge is 0.383 e. The molecule has 1 atom stereocenters. The molecule has 0 fully saturated rings. The monoisotopic (exact) mass is 285 g/mol. The summed E-state index contributed by atoms with van der Waals surface area (Å²) in [5, 5.41) is 0.819. The Bertz CT molecular complexity index is 543. The Balaban J connectivity index is 2.37. The fourth-order valence-electron chi connectivity index (χ4n) is 1.71. The van der Waals surface area contributed by atoms with E-state index in [1.807, 2.05) is 6.92 Å². The lowest BCUT2D eigenvalue weighted by Gasteiger charge is -2.14. The predicted octanol–water partition coefficient (Wildman–Crippen LogP) is 3.80. The second-order valence-electron chi connectivity index (χ2n) is 4.00. The molecule has 0 aliphatic carbocycles. The zero-order valence-corrected chi connectivity index (χ0v) is 12.0. The van der Waals surface area contributed by atoms with Crippen molar-refractivity contribution >= 4 is 39.0 Å². The van der Waals surface area contributed by atoms with E-state index in [1.165, 1.54) is 11.3 Å². The second kappa shape index (κ2) is 5.82. The molecule has 2 heterocycles. The Morgan fingerprint density at radius 3 is 2.89 bits per heavy atom. The van der Waals surface area contributed by atoms with Crippen LogP contribution in [0.1, 0.15) is 38.6 Å². The second-order valence-corrected chi connectivity index (χ2v) is 5.67. The highest BCUT2D eigenvalue weighted by Gasteiger charge is 2.16. The van der Waals surface area contributed by atoms with Gasteiger partial charge in [0, 0.05) is 6.61 Å². The summed E-state index contributed by atoms with van der Waals surface area (Å²) in [6.07, 6.45) is 1.70. The third kappa shape index (κ3) is 2.74. The molecule has 2 aromatic rings. The molecular weight excluding hydrogens is 270 g/mol. The van der Waals surface area contributed by atoms with Crippen LogP contribution in [0.5, 0.6) is 0 Å². The molecule has 0 aliphatic heterocycles. The molecule has 0 saturated heterocycles. The van der Waals surface area contributed by atoms with Crippen LogP contribution in [0.3, 0.4) is 0 Å². The van der Waals surface area contributed by atoms with Crippen LogP contribution in [0.15, 0.2) is 6.07 Å². The Morgan fingerprint density at radius 2 is 2.22 bits per heavy atom. The lowest BCUT2D eigenvalue weighted by molar-refractivity contribution is 0.0448. The summed E-state index contributed by atoms with van der Waals surface area (Å²) in [4.78, 5) is 9.65. The number of aromatic nitrogens is 2. The maximum Gasteiger partial charge on any atom is 0.161 e. The first-order valence-electron chi connectivity index (χ1n) is 5.99. The molecule has 0 bridgehead atoms. The van der Waals surface area contributed by atoms with Crippen molar-refractivity contribution in [2.45, 2.75) is 32.8 Å². The number of rotatable bonds is 5. The normalized spacial score (nSPS) is 13.1. The highest BCUT2D eigenvalue weighted by atomic mass is 35.5. The van der Waals surface area contributed by atoms with Gasteiger partial charge in [0.2, 0.25) is 0 Å². The number of ether oxygens (including phenoxy) is 1. The first kappa shape index (κ1) is 13.5. The van der Waals surface area contributed by atoms with E-state index in [9.17, 15) is 0 Å². The van der Waals surface area contributed by atoms with Gasteiger partial charge in [0.05, 0.1) is 9.72 Å². The Morgan fingerprint density at radius 1 is 1.44 bits per heavy atom. The molecule has 0 aliphatic rings. The summed E-state index contributed by atoms with van der Waals surface area (Å²) >= 11 is 7.38. The average molecular weight is 286 g/mol. The molecule has 6 heteroatoms. The Kier molecular flexibility index (Phi) is 4.37. The minimum absolute atomic E-state index is 0.0995. The molecule has 0 amide bonds. The number of fused-ring (bicyclic) bond motifs is 1. The van der Waals surface area contributed by atoms with Crippen LogP contribution in [-0.4, -0.2) is 16.6 Å². The zero-order chi connectivity index (χ0) is 13.1. The molecule has 18 heavy (non-hydrogen) atoms. The molecule has 2 aromatic heterocycles. The smallest absolute Gasteiger partial charge is 0.161 e. The standard InChI is InChI=1S/C12H16ClN3OS/c1-3-5-17-8(4-2)11-15-10(14)7-6-9(13)18-12(7)16-11/h6,8H,3-5H2,1-2H3,(H2,14,15,16). The van der Waals surface area contributed by atoms with Crippen molar-refractivity contribution in [1.29, 1.82) is 0 Å². The minimum atomic E-state index is -0.0995. The van der Waals surface area contributed by atoms with E-state index in [4.69, 9.17) is 22.1 Å². The molecule has 98 valence electrons. The number of nitrogen functional groups attached to an aromatic ring is 1. The van der Waals surface area contributed by atoms with Gasteiger partial charge in [-0.25, -0.2) is 9.97 Å². The summed E-state index contributed by atoms with van der Waals surface area (Å²) in [5.41, 5.74) is 5.93. The molecule has 2 N–H and O–H groups in total. The summed E-state index contributed by atoms with van der Waals surface area (Å²) < 4.78 is 6.40. The van der Waals surface area contributed by atoms with Gasteiger partial charge in [-0.2, -0.15) is 0 Å². The van der Waals surface area contributed by atoms with Gasteiger partial charge in [-0.05, 0) is 18.9 Å². The van der Waals surface area contributed by atoms with Crippen molar-refractivity contribution in [1.82, 2.24) is 9.97 Å². The van der Waals surface area contributed by atoms with Crippen molar-refractivity contribution in [3.8, 4) is 0 Å². The molecule has 0 spiro atoms. The van der Waals surface area contributed by atoms with E-state index in [0.717, 1.165) is 23.1 Å². The Labute approximate surface area is 115 Å². The van der Waals surface area contributed by atoms with Gasteiger partial charge >= 0.3 is 0 Å². The van der Waals surface area contributed by atoms with Gasteiger partial charge in [-0.15, -0.1) is 11.3 Å². The van der Waals surface area contributed by atoms with E-state index < -0.39 is 0 Å². The third-order valence-corrected chi connectivity index (χ3v) is 3.75. The topological polar surface area (TPSA) is 61.0 Å². The lowest BCUT2D eigenvalue weighted by Crippen LogP contribution is -2.10. The highest BCUT2D eigenvalue weighted by molar-refractivity contribution is 7.22. The van der Waals surface area contributed by atoms with Crippen LogP contribution < -0.4 is 5.73 Å². The SMILES string of the molecule is CCCOC(CC)c1nc(N)c2cc(Cl)sc2n1. The van der Waals surface area contributed by atoms with E-state index in [2.05, 4.69) is 16.9 Å². The van der Waals surface area contributed by atoms with Crippen LogP contribution in [0.4, 0.5) is 5.82 Å². The van der Waals surface area contributed by atoms with Crippen LogP contribution in [0, 0.1) is 0 Å². The van der Waals surface area contributed by atoms with E-state index >= 15 is 0 Å². The molecule has 0 saturated carbocycles. The molecule has 2 rings (SSSR count). The third-order valence-electron chi connectivity index (χ3n) is 2.59. The van der Waals surface area contributed by atoms with Gasteiger partial charge in [0.25, 0.3) is 0 Å². The van der Waals surface area contributed by atoms with Gasteiger partial charge < -0.3 is 10.5 Å². The lowest BCUT2D eigenvalue weighted by atomic mass is 10.2. The summed E-state index contributed by atoms with van der Waals surface area (Å²) in [5.74, 6) is 1.12. The average Bonchev–Trinajstić information content (AvgIpc) is 2.71. The van der Waals surface area contributed by atoms with Crippen LogP contribution in [0.25, 0.3) is 10.2 Å². The van der Waals surface area contributed by atoms with Gasteiger partial charge in [-0.1, -0.05) is 25.4 Å². The summed E-state index contributed by atoms with van der Waals surface area (Å²) in [6, 6.07) is 1.80. The first-order valence-corrected chi connectivity index (χ1v) is 7.19. The van der Waals surface area contributed by atoms with Crippen LogP contribution in [-0.2, 0) is 4.74 Å². The van der Waals surface area contributed by atoms with Crippen molar-refractivity contribution in [2.24, 2.45) is 0 Å². The molecule has 1 unspecified atom stereocenters. The van der Waals surface area contributed by atoms with Crippen LogP contribution in [0.2, 0.25) is 4.34 Å². The van der Waals surface area contributed by atoms with E-state index in [0.29, 0.717) is 22.6 Å². The number of nitrogens with two attached hydrogens (primary N) is 1. The van der Waals surface area contributed by atoms with Gasteiger partial charge in [0.15, 0.2) is 5.82 Å². The van der Waals surface area contributed by atoms with Crippen molar-refractivity contribution in [3.63, 3.8) is 0 Å². The molecular formula is C12H16ClN3OS. The van der Waals surface area contributed by atoms with Gasteiger partial charge in [0.1, 0.15) is 16.8 Å². The minimum Gasteiger partial charge on any atom is -0.383 e. The quantitative estimate of drug-likeness (QED) is 0.907. The first-order chi connectivity index (χ1) is 8.65. The maximum absolute atomic E-state index is 5.97. The maximum atomic E-state index is 5.97. The van der Waals surface area contributed by atoms with E-state index in [1.54, 1.807) is 6.07 Å². The Hall–Kier alpha value is -0.910. The van der Waals surface area contributed by atoms with Crippen molar-refractivity contribution in [3.05, 3.63) is 16.2 Å². The van der Waals surface area contributed by atoms with Crippen molar-refractivity contribution < 1.29 is 4.74 Å². The predicted molar refractivity (Wildman–Crippen MR) is 76.1 cm³/mol. The highest BCUT2D eigenvalue weighted by Crippen LogP contribution is 2.32. The van der Waals surface area contributed by atoms with Gasteiger partial charge in [-0.3, -0.25) is 0 Å².